The second kappa shape index (κ2) is 8.92. The largest absolute Gasteiger partial charge is 0.424 e. The van der Waals surface area contributed by atoms with E-state index in [0.29, 0.717) is 18.1 Å². The van der Waals surface area contributed by atoms with E-state index in [2.05, 4.69) is 19.9 Å². The first-order valence-corrected chi connectivity index (χ1v) is 12.2. The molecule has 0 aliphatic carbocycles. The monoisotopic (exact) mass is 513 g/mol. The lowest BCUT2D eigenvalue weighted by atomic mass is 10.2. The predicted octanol–water partition coefficient (Wildman–Crippen LogP) is 5.57. The molecule has 0 bridgehead atoms. The van der Waals surface area contributed by atoms with Gasteiger partial charge in [-0.15, -0.1) is 5.10 Å². The van der Waals surface area contributed by atoms with Gasteiger partial charge >= 0.3 is 6.01 Å². The van der Waals surface area contributed by atoms with Crippen molar-refractivity contribution in [2.24, 2.45) is 0 Å². The summed E-state index contributed by atoms with van der Waals surface area (Å²) >= 11 is 18.0. The molecule has 4 rings (SSSR count). The molecule has 0 spiro atoms. The van der Waals surface area contributed by atoms with E-state index in [1.807, 2.05) is 37.4 Å². The van der Waals surface area contributed by atoms with Gasteiger partial charge in [-0.3, -0.25) is 4.57 Å². The average molecular weight is 515 g/mol. The van der Waals surface area contributed by atoms with Crippen LogP contribution in [0.15, 0.2) is 47.5 Å². The molecule has 2 heterocycles. The molecular weight excluding hydrogens is 497 g/mol. The Morgan fingerprint density at radius 1 is 1.12 bits per heavy atom. The number of hydrogen-bond acceptors (Lipinski definition) is 5. The van der Waals surface area contributed by atoms with E-state index in [4.69, 9.17) is 39.5 Å². The molecule has 0 amide bonds. The Hall–Kier alpha value is -2.30. The van der Waals surface area contributed by atoms with Crippen LogP contribution in [-0.4, -0.2) is 28.2 Å². The number of hydrogen-bond donors (Lipinski definition) is 2. The molecule has 0 radical (unpaired) electrons. The van der Waals surface area contributed by atoms with Gasteiger partial charge in [0.05, 0.1) is 21.1 Å². The summed E-state index contributed by atoms with van der Waals surface area (Å²) in [6.07, 6.45) is 1.84. The fourth-order valence-electron chi connectivity index (χ4n) is 3.25. The van der Waals surface area contributed by atoms with Crippen molar-refractivity contribution in [3.63, 3.8) is 0 Å². The molecule has 0 saturated carbocycles. The summed E-state index contributed by atoms with van der Waals surface area (Å²) in [4.78, 5) is 2.94. The van der Waals surface area contributed by atoms with Crippen molar-refractivity contribution in [2.45, 2.75) is 31.3 Å². The average Bonchev–Trinajstić information content (AvgIpc) is 3.37. The smallest absolute Gasteiger partial charge is 0.322 e. The Labute approximate surface area is 199 Å². The van der Waals surface area contributed by atoms with Gasteiger partial charge in [-0.2, -0.15) is 0 Å². The zero-order chi connectivity index (χ0) is 23.0. The van der Waals surface area contributed by atoms with Crippen molar-refractivity contribution in [1.82, 2.24) is 24.5 Å². The van der Waals surface area contributed by atoms with Gasteiger partial charge in [-0.1, -0.05) is 39.9 Å². The fourth-order valence-corrected chi connectivity index (χ4v) is 5.43. The molecule has 0 aliphatic rings. The van der Waals surface area contributed by atoms with Crippen molar-refractivity contribution in [2.75, 3.05) is 0 Å². The van der Waals surface area contributed by atoms with Crippen LogP contribution >= 0.6 is 34.8 Å². The molecule has 4 aromatic rings. The molecule has 8 nitrogen and oxygen atoms in total. The lowest BCUT2D eigenvalue weighted by Crippen LogP contribution is -2.29. The summed E-state index contributed by atoms with van der Waals surface area (Å²) in [6, 6.07) is 9.72. The quantitative estimate of drug-likeness (QED) is 0.314. The van der Waals surface area contributed by atoms with Crippen molar-refractivity contribution in [3.05, 3.63) is 63.5 Å². The summed E-state index contributed by atoms with van der Waals surface area (Å²) in [5.41, 5.74) is 0.921. The van der Waals surface area contributed by atoms with E-state index in [-0.39, 0.29) is 26.0 Å². The Kier molecular flexibility index (Phi) is 6.37. The van der Waals surface area contributed by atoms with E-state index in [1.165, 1.54) is 12.1 Å². The zero-order valence-electron chi connectivity index (χ0n) is 16.9. The van der Waals surface area contributed by atoms with Crippen molar-refractivity contribution in [1.29, 1.82) is 0 Å². The van der Waals surface area contributed by atoms with Crippen LogP contribution in [0.5, 0.6) is 11.8 Å². The van der Waals surface area contributed by atoms with Crippen LogP contribution in [0.3, 0.4) is 0 Å². The number of aromatic amines is 1. The van der Waals surface area contributed by atoms with Gasteiger partial charge in [0.15, 0.2) is 5.82 Å². The number of nitrogens with one attached hydrogen (secondary N) is 2. The number of H-pyrrole nitrogens is 1. The first-order valence-electron chi connectivity index (χ1n) is 9.55. The number of halogens is 3. The highest BCUT2D eigenvalue weighted by atomic mass is 35.5. The molecule has 0 aliphatic heterocycles. The van der Waals surface area contributed by atoms with Crippen LogP contribution < -0.4 is 9.46 Å². The third kappa shape index (κ3) is 4.31. The third-order valence-electron chi connectivity index (χ3n) is 4.81. The minimum Gasteiger partial charge on any atom is -0.424 e. The molecular formula is C20H18Cl3N5O3S. The van der Waals surface area contributed by atoms with Gasteiger partial charge in [0.2, 0.25) is 10.0 Å². The topological polar surface area (TPSA) is 102 Å². The van der Waals surface area contributed by atoms with E-state index >= 15 is 0 Å². The first-order chi connectivity index (χ1) is 15.2. The maximum Gasteiger partial charge on any atom is 0.322 e. The highest BCUT2D eigenvalue weighted by Crippen LogP contribution is 2.35. The summed E-state index contributed by atoms with van der Waals surface area (Å²) < 4.78 is 36.0. The Morgan fingerprint density at radius 2 is 1.91 bits per heavy atom. The van der Waals surface area contributed by atoms with Crippen LogP contribution in [0, 0.1) is 0 Å². The summed E-state index contributed by atoms with van der Waals surface area (Å²) in [5.74, 6) is 0.952. The minimum atomic E-state index is -4.02. The predicted molar refractivity (Wildman–Crippen MR) is 124 cm³/mol. The summed E-state index contributed by atoms with van der Waals surface area (Å²) in [6.45, 7) is 3.99. The molecule has 2 aromatic heterocycles. The number of rotatable bonds is 7. The van der Waals surface area contributed by atoms with Gasteiger partial charge in [0.25, 0.3) is 0 Å². The van der Waals surface area contributed by atoms with Crippen LogP contribution in [0.1, 0.15) is 25.7 Å². The van der Waals surface area contributed by atoms with Gasteiger partial charge < -0.3 is 9.72 Å². The van der Waals surface area contributed by atoms with E-state index in [0.717, 1.165) is 10.9 Å². The highest BCUT2D eigenvalue weighted by Gasteiger charge is 2.27. The molecule has 0 unspecified atom stereocenters. The molecule has 2 N–H and O–H groups in total. The van der Waals surface area contributed by atoms with Crippen molar-refractivity contribution < 1.29 is 13.2 Å². The SMILES string of the molecule is CCn1c(Oc2ccc3cc[nH]c3c2)nnc1[C@@H](C)NS(=O)(=O)c1ccc(Cl)c(Cl)c1Cl. The zero-order valence-corrected chi connectivity index (χ0v) is 20.0. The Morgan fingerprint density at radius 3 is 2.66 bits per heavy atom. The van der Waals surface area contributed by atoms with Crippen molar-refractivity contribution >= 4 is 55.7 Å². The number of ether oxygens (including phenoxy) is 1. The second-order valence-corrected chi connectivity index (χ2v) is 9.78. The van der Waals surface area contributed by atoms with Crippen LogP contribution in [0.4, 0.5) is 0 Å². The Bertz CT molecular complexity index is 1400. The van der Waals surface area contributed by atoms with E-state index < -0.39 is 16.1 Å². The van der Waals surface area contributed by atoms with Crippen LogP contribution in [-0.2, 0) is 16.6 Å². The number of nitrogens with zero attached hydrogens (tertiary/aromatic N) is 3. The molecule has 1 atom stereocenters. The lowest BCUT2D eigenvalue weighted by Gasteiger charge is -2.16. The summed E-state index contributed by atoms with van der Waals surface area (Å²) in [7, 11) is -4.02. The Balaban J connectivity index is 1.59. The minimum absolute atomic E-state index is 0.0321. The maximum atomic E-state index is 12.9. The molecule has 0 fully saturated rings. The molecule has 0 saturated heterocycles. The van der Waals surface area contributed by atoms with Gasteiger partial charge in [-0.05, 0) is 49.6 Å². The molecule has 32 heavy (non-hydrogen) atoms. The number of sulfonamides is 1. The van der Waals surface area contributed by atoms with Crippen LogP contribution in [0.25, 0.3) is 10.9 Å². The standard InChI is InChI=1S/C20H18Cl3N5O3S/c1-3-28-19(11(2)27-32(29,30)16-7-6-14(21)17(22)18(16)23)25-26-20(28)31-13-5-4-12-8-9-24-15(12)10-13/h4-11,24,27H,3H2,1-2H3/t11-/m1/s1. The maximum absolute atomic E-state index is 12.9. The summed E-state index contributed by atoms with van der Waals surface area (Å²) in [5, 5.41) is 9.27. The van der Waals surface area contributed by atoms with Crippen LogP contribution in [0.2, 0.25) is 15.1 Å². The van der Waals surface area contributed by atoms with Crippen molar-refractivity contribution in [3.8, 4) is 11.8 Å². The highest BCUT2D eigenvalue weighted by molar-refractivity contribution is 7.89. The molecule has 168 valence electrons. The normalized spacial score (nSPS) is 12.9. The molecule has 2 aromatic carbocycles. The number of benzene rings is 2. The lowest BCUT2D eigenvalue weighted by molar-refractivity contribution is 0.408. The van der Waals surface area contributed by atoms with Gasteiger partial charge in [0.1, 0.15) is 10.6 Å². The van der Waals surface area contributed by atoms with E-state index in [1.54, 1.807) is 11.5 Å². The first kappa shape index (κ1) is 22.9. The third-order valence-corrected chi connectivity index (χ3v) is 7.79. The van der Waals surface area contributed by atoms with E-state index in [9.17, 15) is 8.42 Å². The van der Waals surface area contributed by atoms with Gasteiger partial charge in [0, 0.05) is 24.3 Å². The van der Waals surface area contributed by atoms with Gasteiger partial charge in [-0.25, -0.2) is 13.1 Å². The number of fused-ring (bicyclic) bond motifs is 1. The second-order valence-electron chi connectivity index (χ2n) is 6.93. The fraction of sp³-hybridized carbons (Fsp3) is 0.200. The number of aromatic nitrogens is 4. The molecule has 12 heteroatoms.